The molecule has 2 heterocycles. The van der Waals surface area contributed by atoms with Crippen LogP contribution < -0.4 is 11.1 Å². The summed E-state index contributed by atoms with van der Waals surface area (Å²) in [5.74, 6) is 0. The minimum atomic E-state index is -0.870. The molecule has 0 atom stereocenters. The molecule has 90 valence electrons. The molecule has 18 heavy (non-hydrogen) atoms. The van der Waals surface area contributed by atoms with Crippen molar-refractivity contribution in [1.82, 2.24) is 19.7 Å². The number of hydrogen-bond acceptors (Lipinski definition) is 6. The molecule has 0 unspecified atom stereocenters. The van der Waals surface area contributed by atoms with E-state index in [0.29, 0.717) is 10.6 Å². The first-order chi connectivity index (χ1) is 8.61. The number of aryl methyl sites for hydroxylation is 1. The Morgan fingerprint density at radius 2 is 2.28 bits per heavy atom. The van der Waals surface area contributed by atoms with Crippen LogP contribution in [0.5, 0.6) is 0 Å². The average molecular weight is 261 g/mol. The van der Waals surface area contributed by atoms with Crippen LogP contribution in [0, 0.1) is 11.3 Å². The van der Waals surface area contributed by atoms with Crippen molar-refractivity contribution in [2.75, 3.05) is 0 Å². The van der Waals surface area contributed by atoms with Crippen LogP contribution in [0.1, 0.15) is 5.56 Å². The lowest BCUT2D eigenvalue weighted by molar-refractivity contribution is 0.596. The fraction of sp³-hybridized carbons (Fsp3) is 0.100. The lowest BCUT2D eigenvalue weighted by Crippen LogP contribution is -2.33. The number of H-pyrrole nitrogens is 1. The Balaban J connectivity index is 2.47. The van der Waals surface area contributed by atoms with Gasteiger partial charge >= 0.3 is 11.1 Å². The van der Waals surface area contributed by atoms with Gasteiger partial charge in [-0.1, -0.05) is 0 Å². The molecule has 0 spiro atoms. The Morgan fingerprint density at radius 3 is 3.00 bits per heavy atom. The van der Waals surface area contributed by atoms with Gasteiger partial charge in [-0.15, -0.1) is 0 Å². The molecule has 8 heteroatoms. The minimum Gasteiger partial charge on any atom is -0.265 e. The van der Waals surface area contributed by atoms with Crippen molar-refractivity contribution >= 4 is 11.8 Å². The van der Waals surface area contributed by atoms with Crippen LogP contribution in [0.3, 0.4) is 0 Å². The number of nitrogens with zero attached hydrogens (tertiary/aromatic N) is 4. The molecule has 0 aliphatic heterocycles. The van der Waals surface area contributed by atoms with Gasteiger partial charge in [-0.2, -0.15) is 10.2 Å². The molecule has 0 aliphatic carbocycles. The van der Waals surface area contributed by atoms with Gasteiger partial charge in [0.15, 0.2) is 5.16 Å². The molecule has 7 nitrogen and oxygen atoms in total. The van der Waals surface area contributed by atoms with Gasteiger partial charge in [0.2, 0.25) is 0 Å². The molecule has 0 saturated heterocycles. The van der Waals surface area contributed by atoms with Crippen LogP contribution in [0.4, 0.5) is 0 Å². The highest BCUT2D eigenvalue weighted by Gasteiger charge is 2.10. The molecule has 2 aromatic heterocycles. The van der Waals surface area contributed by atoms with Crippen LogP contribution >= 0.6 is 11.8 Å². The van der Waals surface area contributed by atoms with Gasteiger partial charge in [0.1, 0.15) is 11.1 Å². The van der Waals surface area contributed by atoms with E-state index in [4.69, 9.17) is 5.26 Å². The van der Waals surface area contributed by atoms with Crippen molar-refractivity contribution in [2.45, 2.75) is 10.2 Å². The lowest BCUT2D eigenvalue weighted by Gasteiger charge is -2.05. The monoisotopic (exact) mass is 261 g/mol. The van der Waals surface area contributed by atoms with Gasteiger partial charge in [-0.05, 0) is 23.9 Å². The highest BCUT2D eigenvalue weighted by Crippen LogP contribution is 2.24. The van der Waals surface area contributed by atoms with Crippen LogP contribution in [-0.4, -0.2) is 19.7 Å². The van der Waals surface area contributed by atoms with Crippen LogP contribution in [0.2, 0.25) is 0 Å². The maximum atomic E-state index is 11.2. The van der Waals surface area contributed by atoms with Crippen molar-refractivity contribution in [3.05, 3.63) is 44.6 Å². The lowest BCUT2D eigenvalue weighted by atomic mass is 10.3. The molecule has 0 amide bonds. The van der Waals surface area contributed by atoms with Crippen LogP contribution in [-0.2, 0) is 7.05 Å². The maximum absolute atomic E-state index is 11.2. The summed E-state index contributed by atoms with van der Waals surface area (Å²) in [5, 5.41) is 11.9. The fourth-order valence-corrected chi connectivity index (χ4v) is 2.02. The van der Waals surface area contributed by atoms with E-state index in [0.717, 1.165) is 11.8 Å². The minimum absolute atomic E-state index is 0.259. The topological polar surface area (TPSA) is 104 Å². The first kappa shape index (κ1) is 12.1. The SMILES string of the molecule is Cn1[nH]c(=O)c(=O)nc1Sc1ncccc1C#N. The average Bonchev–Trinajstić information content (AvgIpc) is 2.36. The Hall–Kier alpha value is -2.40. The summed E-state index contributed by atoms with van der Waals surface area (Å²) >= 11 is 1.04. The predicted molar refractivity (Wildman–Crippen MR) is 63.2 cm³/mol. The normalized spacial score (nSPS) is 10.0. The van der Waals surface area contributed by atoms with E-state index in [1.54, 1.807) is 19.2 Å². The zero-order valence-electron chi connectivity index (χ0n) is 9.25. The number of hydrogen-bond donors (Lipinski definition) is 1. The van der Waals surface area contributed by atoms with Gasteiger partial charge in [0.25, 0.3) is 0 Å². The van der Waals surface area contributed by atoms with Crippen molar-refractivity contribution in [1.29, 1.82) is 5.26 Å². The summed E-state index contributed by atoms with van der Waals surface area (Å²) in [7, 11) is 1.55. The summed E-state index contributed by atoms with van der Waals surface area (Å²) in [6, 6.07) is 5.24. The predicted octanol–water partition coefficient (Wildman–Crippen LogP) is -0.114. The Labute approximate surface area is 105 Å². The van der Waals surface area contributed by atoms with E-state index in [2.05, 4.69) is 15.1 Å². The van der Waals surface area contributed by atoms with E-state index in [9.17, 15) is 9.59 Å². The van der Waals surface area contributed by atoms with Gasteiger partial charge in [-0.25, -0.2) is 4.98 Å². The Bertz CT molecular complexity index is 743. The van der Waals surface area contributed by atoms with Gasteiger partial charge < -0.3 is 0 Å². The molecule has 0 fully saturated rings. The van der Waals surface area contributed by atoms with Crippen molar-refractivity contribution < 1.29 is 0 Å². The molecular weight excluding hydrogens is 254 g/mol. The summed E-state index contributed by atoms with van der Waals surface area (Å²) in [4.78, 5) is 29.9. The van der Waals surface area contributed by atoms with Crippen LogP contribution in [0.25, 0.3) is 0 Å². The van der Waals surface area contributed by atoms with E-state index in [-0.39, 0.29) is 5.16 Å². The molecule has 2 rings (SSSR count). The second-order valence-corrected chi connectivity index (χ2v) is 4.23. The molecule has 0 radical (unpaired) electrons. The Kier molecular flexibility index (Phi) is 3.25. The zero-order chi connectivity index (χ0) is 13.1. The molecule has 1 N–H and O–H groups in total. The number of nitriles is 1. The summed E-state index contributed by atoms with van der Waals surface area (Å²) in [6.45, 7) is 0. The number of rotatable bonds is 2. The van der Waals surface area contributed by atoms with E-state index < -0.39 is 11.1 Å². The highest BCUT2D eigenvalue weighted by atomic mass is 32.2. The molecule has 0 bridgehead atoms. The third kappa shape index (κ3) is 2.31. The van der Waals surface area contributed by atoms with Crippen LogP contribution in [0.15, 0.2) is 38.1 Å². The van der Waals surface area contributed by atoms with Crippen molar-refractivity contribution in [3.63, 3.8) is 0 Å². The summed E-state index contributed by atoms with van der Waals surface area (Å²) in [5.41, 5.74) is -1.28. The molecular formula is C10H7N5O2S. The number of pyridine rings is 1. The molecule has 2 aromatic rings. The van der Waals surface area contributed by atoms with Crippen molar-refractivity contribution in [3.8, 4) is 6.07 Å². The molecule has 0 saturated carbocycles. The molecule has 0 aliphatic rings. The zero-order valence-corrected chi connectivity index (χ0v) is 10.1. The van der Waals surface area contributed by atoms with Crippen molar-refractivity contribution in [2.24, 2.45) is 7.05 Å². The maximum Gasteiger partial charge on any atom is 0.339 e. The second-order valence-electron chi connectivity index (χ2n) is 3.27. The second kappa shape index (κ2) is 4.85. The summed E-state index contributed by atoms with van der Waals surface area (Å²) in [6.07, 6.45) is 1.53. The quantitative estimate of drug-likeness (QED) is 0.756. The first-order valence-corrected chi connectivity index (χ1v) is 5.64. The first-order valence-electron chi connectivity index (χ1n) is 4.82. The largest absolute Gasteiger partial charge is 0.339 e. The van der Waals surface area contributed by atoms with Gasteiger partial charge in [0, 0.05) is 13.2 Å². The smallest absolute Gasteiger partial charge is 0.265 e. The fourth-order valence-electron chi connectivity index (χ4n) is 1.20. The number of aromatic nitrogens is 4. The standard InChI is InChI=1S/C10H7N5O2S/c1-15-10(13-7(16)8(17)14-15)18-9-6(5-11)3-2-4-12-9/h2-4H,1H3,(H,14,17). The van der Waals surface area contributed by atoms with E-state index in [1.807, 2.05) is 6.07 Å². The van der Waals surface area contributed by atoms with Gasteiger partial charge in [-0.3, -0.25) is 19.4 Å². The molecule has 0 aromatic carbocycles. The highest BCUT2D eigenvalue weighted by molar-refractivity contribution is 7.99. The van der Waals surface area contributed by atoms with E-state index in [1.165, 1.54) is 10.9 Å². The third-order valence-corrected chi connectivity index (χ3v) is 3.09. The number of nitrogens with one attached hydrogen (secondary N) is 1. The van der Waals surface area contributed by atoms with E-state index >= 15 is 0 Å². The Morgan fingerprint density at radius 1 is 1.50 bits per heavy atom. The number of aromatic amines is 1. The van der Waals surface area contributed by atoms with Gasteiger partial charge in [0.05, 0.1) is 5.56 Å². The third-order valence-electron chi connectivity index (χ3n) is 2.03. The summed E-state index contributed by atoms with van der Waals surface area (Å²) < 4.78 is 1.31.